The highest BCUT2D eigenvalue weighted by Crippen LogP contribution is 2.26. The summed E-state index contributed by atoms with van der Waals surface area (Å²) in [4.78, 5) is 6.80. The Balaban J connectivity index is 1.46. The van der Waals surface area contributed by atoms with Crippen LogP contribution in [0, 0.1) is 0 Å². The van der Waals surface area contributed by atoms with Gasteiger partial charge in [-0.2, -0.15) is 0 Å². The Labute approximate surface area is 116 Å². The van der Waals surface area contributed by atoms with Gasteiger partial charge in [0.25, 0.3) is 0 Å². The molecule has 3 heteroatoms. The third kappa shape index (κ3) is 3.47. The highest BCUT2D eigenvalue weighted by atomic mass is 15.2. The van der Waals surface area contributed by atoms with E-state index in [1.807, 2.05) is 12.4 Å². The van der Waals surface area contributed by atoms with Crippen molar-refractivity contribution in [2.24, 2.45) is 0 Å². The number of piperidine rings is 1. The zero-order valence-corrected chi connectivity index (χ0v) is 11.7. The number of likely N-dealkylation sites (tertiary alicyclic amines) is 1. The van der Waals surface area contributed by atoms with Crippen LogP contribution in [0.2, 0.25) is 0 Å². The Morgan fingerprint density at radius 1 is 0.947 bits per heavy atom. The molecular weight excluding hydrogens is 234 g/mol. The third-order valence-corrected chi connectivity index (χ3v) is 4.67. The first-order chi connectivity index (χ1) is 9.42. The van der Waals surface area contributed by atoms with Crippen LogP contribution in [0.15, 0.2) is 24.5 Å². The van der Waals surface area contributed by atoms with E-state index in [1.165, 1.54) is 63.7 Å². The third-order valence-electron chi connectivity index (χ3n) is 4.67. The van der Waals surface area contributed by atoms with E-state index in [4.69, 9.17) is 0 Å². The maximum atomic E-state index is 4.06. The summed E-state index contributed by atoms with van der Waals surface area (Å²) in [5.41, 5.74) is 1.21. The van der Waals surface area contributed by atoms with Crippen LogP contribution in [-0.4, -0.2) is 35.1 Å². The summed E-state index contributed by atoms with van der Waals surface area (Å²) in [6.45, 7) is 2.54. The molecule has 3 nitrogen and oxygen atoms in total. The normalized spacial score (nSPS) is 23.4. The van der Waals surface area contributed by atoms with E-state index in [2.05, 4.69) is 27.3 Å². The predicted octanol–water partition coefficient (Wildman–Crippen LogP) is 3.29. The maximum Gasteiger partial charge on any atom is 0.0373 e. The van der Waals surface area contributed by atoms with Gasteiger partial charge < -0.3 is 10.2 Å². The van der Waals surface area contributed by atoms with E-state index in [0.29, 0.717) is 6.04 Å². The van der Waals surface area contributed by atoms with E-state index >= 15 is 0 Å². The molecule has 0 radical (unpaired) electrons. The van der Waals surface area contributed by atoms with Crippen molar-refractivity contribution in [2.75, 3.05) is 18.4 Å². The Morgan fingerprint density at radius 2 is 1.63 bits per heavy atom. The molecule has 0 atom stereocenters. The van der Waals surface area contributed by atoms with Crippen molar-refractivity contribution in [3.05, 3.63) is 24.5 Å². The number of nitrogens with one attached hydrogen (secondary N) is 1. The second-order valence-electron chi connectivity index (χ2n) is 5.98. The molecule has 19 heavy (non-hydrogen) atoms. The molecule has 0 spiro atoms. The summed E-state index contributed by atoms with van der Waals surface area (Å²) in [5, 5.41) is 3.64. The average molecular weight is 259 g/mol. The Morgan fingerprint density at radius 3 is 2.32 bits per heavy atom. The Kier molecular flexibility index (Phi) is 4.34. The molecule has 1 saturated carbocycles. The summed E-state index contributed by atoms with van der Waals surface area (Å²) >= 11 is 0. The van der Waals surface area contributed by atoms with Crippen molar-refractivity contribution in [3.63, 3.8) is 0 Å². The second-order valence-corrected chi connectivity index (χ2v) is 5.98. The molecule has 1 aliphatic heterocycles. The number of hydrogen-bond acceptors (Lipinski definition) is 3. The van der Waals surface area contributed by atoms with Crippen molar-refractivity contribution >= 4 is 5.69 Å². The van der Waals surface area contributed by atoms with Crippen LogP contribution in [0.1, 0.15) is 44.9 Å². The quantitative estimate of drug-likeness (QED) is 0.903. The summed E-state index contributed by atoms with van der Waals surface area (Å²) in [6.07, 6.45) is 13.5. The molecule has 0 bridgehead atoms. The lowest BCUT2D eigenvalue weighted by Crippen LogP contribution is -2.45. The fraction of sp³-hybridized carbons (Fsp3) is 0.688. The Hall–Kier alpha value is -1.09. The van der Waals surface area contributed by atoms with Gasteiger partial charge in [-0.05, 0) is 37.8 Å². The molecule has 1 aromatic heterocycles. The van der Waals surface area contributed by atoms with E-state index < -0.39 is 0 Å². The van der Waals surface area contributed by atoms with Gasteiger partial charge in [-0.25, -0.2) is 0 Å². The number of rotatable bonds is 3. The lowest BCUT2D eigenvalue weighted by molar-refractivity contribution is 0.126. The molecule has 1 saturated heterocycles. The zero-order chi connectivity index (χ0) is 12.9. The van der Waals surface area contributed by atoms with Crippen LogP contribution in [0.5, 0.6) is 0 Å². The monoisotopic (exact) mass is 259 g/mol. The molecule has 1 aliphatic carbocycles. The zero-order valence-electron chi connectivity index (χ0n) is 11.7. The van der Waals surface area contributed by atoms with Crippen molar-refractivity contribution in [2.45, 2.75) is 57.0 Å². The lowest BCUT2D eigenvalue weighted by atomic mass is 9.92. The minimum absolute atomic E-state index is 0.641. The summed E-state index contributed by atoms with van der Waals surface area (Å²) in [6, 6.07) is 5.65. The van der Waals surface area contributed by atoms with Crippen molar-refractivity contribution in [3.8, 4) is 0 Å². The standard InChI is InChI=1S/C16H25N3/c1-2-4-16(5-3-1)19-12-8-15(9-13-19)18-14-6-10-17-11-7-14/h6-7,10-11,15-16H,1-5,8-9,12-13H2,(H,17,18). The molecule has 2 heterocycles. The van der Waals surface area contributed by atoms with Crippen LogP contribution < -0.4 is 5.32 Å². The summed E-state index contributed by atoms with van der Waals surface area (Å²) in [5.74, 6) is 0. The maximum absolute atomic E-state index is 4.06. The smallest absolute Gasteiger partial charge is 0.0373 e. The van der Waals surface area contributed by atoms with Gasteiger partial charge in [0.1, 0.15) is 0 Å². The minimum atomic E-state index is 0.641. The largest absolute Gasteiger partial charge is 0.382 e. The average Bonchev–Trinajstić information content (AvgIpc) is 2.50. The topological polar surface area (TPSA) is 28.2 Å². The summed E-state index contributed by atoms with van der Waals surface area (Å²) in [7, 11) is 0. The fourth-order valence-electron chi connectivity index (χ4n) is 3.54. The first kappa shape index (κ1) is 12.9. The highest BCUT2D eigenvalue weighted by Gasteiger charge is 2.25. The Bertz CT molecular complexity index is 365. The molecule has 0 unspecified atom stereocenters. The molecule has 1 N–H and O–H groups in total. The SMILES string of the molecule is c1cc(NC2CCN(C3CCCCC3)CC2)ccn1. The lowest BCUT2D eigenvalue weighted by Gasteiger charge is -2.39. The van der Waals surface area contributed by atoms with Crippen LogP contribution in [-0.2, 0) is 0 Å². The number of pyridine rings is 1. The number of anilines is 1. The van der Waals surface area contributed by atoms with Crippen LogP contribution in [0.4, 0.5) is 5.69 Å². The first-order valence-electron chi connectivity index (χ1n) is 7.82. The predicted molar refractivity (Wildman–Crippen MR) is 79.3 cm³/mol. The molecule has 0 amide bonds. The summed E-state index contributed by atoms with van der Waals surface area (Å²) < 4.78 is 0. The van der Waals surface area contributed by atoms with E-state index in [0.717, 1.165) is 6.04 Å². The minimum Gasteiger partial charge on any atom is -0.382 e. The number of aromatic nitrogens is 1. The van der Waals surface area contributed by atoms with Crippen LogP contribution in [0.3, 0.4) is 0 Å². The molecular formula is C16H25N3. The van der Waals surface area contributed by atoms with Crippen molar-refractivity contribution < 1.29 is 0 Å². The van der Waals surface area contributed by atoms with Crippen molar-refractivity contribution in [1.82, 2.24) is 9.88 Å². The van der Waals surface area contributed by atoms with Gasteiger partial charge in [0.05, 0.1) is 0 Å². The van der Waals surface area contributed by atoms with Gasteiger partial charge >= 0.3 is 0 Å². The number of hydrogen-bond donors (Lipinski definition) is 1. The fourth-order valence-corrected chi connectivity index (χ4v) is 3.54. The van der Waals surface area contributed by atoms with Gasteiger partial charge in [-0.15, -0.1) is 0 Å². The highest BCUT2D eigenvalue weighted by molar-refractivity contribution is 5.41. The van der Waals surface area contributed by atoms with Crippen LogP contribution in [0.25, 0.3) is 0 Å². The molecule has 104 valence electrons. The van der Waals surface area contributed by atoms with Gasteiger partial charge in [-0.1, -0.05) is 19.3 Å². The van der Waals surface area contributed by atoms with Crippen molar-refractivity contribution in [1.29, 1.82) is 0 Å². The van der Waals surface area contributed by atoms with E-state index in [1.54, 1.807) is 0 Å². The molecule has 2 fully saturated rings. The van der Waals surface area contributed by atoms with E-state index in [9.17, 15) is 0 Å². The second kappa shape index (κ2) is 6.38. The first-order valence-corrected chi connectivity index (χ1v) is 7.82. The molecule has 0 aromatic carbocycles. The number of nitrogens with zero attached hydrogens (tertiary/aromatic N) is 2. The molecule has 2 aliphatic rings. The van der Waals surface area contributed by atoms with Crippen LogP contribution >= 0.6 is 0 Å². The molecule has 1 aromatic rings. The van der Waals surface area contributed by atoms with Gasteiger partial charge in [0.15, 0.2) is 0 Å². The molecule has 3 rings (SSSR count). The van der Waals surface area contributed by atoms with Gasteiger partial charge in [-0.3, -0.25) is 4.98 Å². The van der Waals surface area contributed by atoms with Gasteiger partial charge in [0.2, 0.25) is 0 Å². The van der Waals surface area contributed by atoms with Gasteiger partial charge in [0, 0.05) is 43.3 Å². The van der Waals surface area contributed by atoms with E-state index in [-0.39, 0.29) is 0 Å².